The smallest absolute Gasteiger partial charge is 0.228 e. The van der Waals surface area contributed by atoms with Gasteiger partial charge in [0.1, 0.15) is 0 Å². The molecule has 1 atom stereocenters. The van der Waals surface area contributed by atoms with Crippen molar-refractivity contribution >= 4 is 0 Å². The molecule has 1 unspecified atom stereocenters. The monoisotopic (exact) mass is 273 g/mol. The third kappa shape index (κ3) is 2.89. The zero-order chi connectivity index (χ0) is 13.9. The Kier molecular flexibility index (Phi) is 3.80. The van der Waals surface area contributed by atoms with Gasteiger partial charge in [0.25, 0.3) is 0 Å². The molecule has 0 radical (unpaired) electrons. The highest BCUT2D eigenvalue weighted by Gasteiger charge is 2.18. The van der Waals surface area contributed by atoms with E-state index in [2.05, 4.69) is 41.4 Å². The van der Waals surface area contributed by atoms with Gasteiger partial charge >= 0.3 is 0 Å². The second kappa shape index (κ2) is 5.73. The van der Waals surface area contributed by atoms with E-state index in [1.165, 1.54) is 5.56 Å². The van der Waals surface area contributed by atoms with E-state index in [1.807, 2.05) is 6.07 Å². The SMILES string of the molecule is Cc1ccc(-c2noc(CC3COCCN3)n2)c(C)c1. The van der Waals surface area contributed by atoms with Gasteiger partial charge in [-0.25, -0.2) is 0 Å². The largest absolute Gasteiger partial charge is 0.378 e. The quantitative estimate of drug-likeness (QED) is 0.925. The van der Waals surface area contributed by atoms with Crippen LogP contribution in [0.1, 0.15) is 17.0 Å². The van der Waals surface area contributed by atoms with Gasteiger partial charge in [0.05, 0.1) is 13.2 Å². The zero-order valence-corrected chi connectivity index (χ0v) is 11.8. The van der Waals surface area contributed by atoms with E-state index in [-0.39, 0.29) is 6.04 Å². The molecule has 1 aromatic carbocycles. The van der Waals surface area contributed by atoms with Crippen LogP contribution in [0.5, 0.6) is 0 Å². The van der Waals surface area contributed by atoms with Crippen LogP contribution in [0.2, 0.25) is 0 Å². The number of ether oxygens (including phenoxy) is 1. The van der Waals surface area contributed by atoms with Crippen LogP contribution in [-0.4, -0.2) is 35.9 Å². The molecule has 1 fully saturated rings. The van der Waals surface area contributed by atoms with Crippen LogP contribution < -0.4 is 5.32 Å². The van der Waals surface area contributed by atoms with E-state index < -0.39 is 0 Å². The van der Waals surface area contributed by atoms with Crippen LogP contribution in [0.25, 0.3) is 11.4 Å². The summed E-state index contributed by atoms with van der Waals surface area (Å²) in [6.45, 7) is 6.49. The molecule has 5 heteroatoms. The van der Waals surface area contributed by atoms with Crippen LogP contribution in [0, 0.1) is 13.8 Å². The first kappa shape index (κ1) is 13.3. The minimum absolute atomic E-state index is 0.260. The Balaban J connectivity index is 1.75. The van der Waals surface area contributed by atoms with Crippen LogP contribution in [0.4, 0.5) is 0 Å². The summed E-state index contributed by atoms with van der Waals surface area (Å²) in [5, 5.41) is 7.47. The van der Waals surface area contributed by atoms with Gasteiger partial charge in [0.2, 0.25) is 11.7 Å². The lowest BCUT2D eigenvalue weighted by atomic mass is 10.1. The molecule has 0 saturated carbocycles. The van der Waals surface area contributed by atoms with Gasteiger partial charge < -0.3 is 14.6 Å². The summed E-state index contributed by atoms with van der Waals surface area (Å²) in [4.78, 5) is 4.49. The summed E-state index contributed by atoms with van der Waals surface area (Å²) < 4.78 is 10.8. The van der Waals surface area contributed by atoms with Crippen LogP contribution in [0.3, 0.4) is 0 Å². The first-order valence-electron chi connectivity index (χ1n) is 6.94. The molecular formula is C15H19N3O2. The van der Waals surface area contributed by atoms with E-state index in [9.17, 15) is 0 Å². The van der Waals surface area contributed by atoms with Gasteiger partial charge in [0, 0.05) is 24.6 Å². The van der Waals surface area contributed by atoms with Crippen molar-refractivity contribution in [3.63, 3.8) is 0 Å². The maximum atomic E-state index is 5.43. The standard InChI is InChI=1S/C15H19N3O2/c1-10-3-4-13(11(2)7-10)15-17-14(20-18-15)8-12-9-19-6-5-16-12/h3-4,7,12,16H,5-6,8-9H2,1-2H3. The number of aromatic nitrogens is 2. The zero-order valence-electron chi connectivity index (χ0n) is 11.8. The van der Waals surface area contributed by atoms with Crippen molar-refractivity contribution in [2.75, 3.05) is 19.8 Å². The first-order chi connectivity index (χ1) is 9.72. The maximum absolute atomic E-state index is 5.43. The third-order valence-electron chi connectivity index (χ3n) is 3.51. The summed E-state index contributed by atoms with van der Waals surface area (Å²) in [6.07, 6.45) is 0.706. The van der Waals surface area contributed by atoms with Crippen molar-refractivity contribution < 1.29 is 9.26 Å². The van der Waals surface area contributed by atoms with Crippen molar-refractivity contribution in [2.24, 2.45) is 0 Å². The number of hydrogen-bond donors (Lipinski definition) is 1. The van der Waals surface area contributed by atoms with E-state index in [1.54, 1.807) is 0 Å². The fraction of sp³-hybridized carbons (Fsp3) is 0.467. The second-order valence-electron chi connectivity index (χ2n) is 5.26. The highest BCUT2D eigenvalue weighted by molar-refractivity contribution is 5.59. The summed E-state index contributed by atoms with van der Waals surface area (Å²) in [5.74, 6) is 1.32. The lowest BCUT2D eigenvalue weighted by molar-refractivity contribution is 0.0744. The third-order valence-corrected chi connectivity index (χ3v) is 3.51. The Morgan fingerprint density at radius 3 is 3.00 bits per heavy atom. The summed E-state index contributed by atoms with van der Waals surface area (Å²) in [5.41, 5.74) is 3.42. The predicted octanol–water partition coefficient (Wildman–Crippen LogP) is 1.88. The van der Waals surface area contributed by atoms with Gasteiger partial charge in [-0.1, -0.05) is 28.9 Å². The molecule has 2 heterocycles. The highest BCUT2D eigenvalue weighted by atomic mass is 16.5. The fourth-order valence-corrected chi connectivity index (χ4v) is 2.47. The average molecular weight is 273 g/mol. The molecule has 0 spiro atoms. The topological polar surface area (TPSA) is 60.2 Å². The molecule has 2 aromatic rings. The lowest BCUT2D eigenvalue weighted by Crippen LogP contribution is -2.42. The van der Waals surface area contributed by atoms with Crippen molar-refractivity contribution in [3.8, 4) is 11.4 Å². The Labute approximate surface area is 118 Å². The Bertz CT molecular complexity index is 589. The number of rotatable bonds is 3. The molecule has 5 nitrogen and oxygen atoms in total. The molecule has 106 valence electrons. The number of benzene rings is 1. The predicted molar refractivity (Wildman–Crippen MR) is 75.5 cm³/mol. The Morgan fingerprint density at radius 2 is 2.25 bits per heavy atom. The summed E-state index contributed by atoms with van der Waals surface area (Å²) in [7, 11) is 0. The van der Waals surface area contributed by atoms with Gasteiger partial charge in [-0.2, -0.15) is 4.98 Å². The van der Waals surface area contributed by atoms with Crippen molar-refractivity contribution in [1.82, 2.24) is 15.5 Å². The Morgan fingerprint density at radius 1 is 1.35 bits per heavy atom. The number of morpholine rings is 1. The molecule has 0 bridgehead atoms. The normalized spacial score (nSPS) is 19.2. The van der Waals surface area contributed by atoms with Gasteiger partial charge in [-0.05, 0) is 19.4 Å². The van der Waals surface area contributed by atoms with Crippen LogP contribution in [-0.2, 0) is 11.2 Å². The van der Waals surface area contributed by atoms with Gasteiger partial charge in [-0.3, -0.25) is 0 Å². The lowest BCUT2D eigenvalue weighted by Gasteiger charge is -2.22. The molecule has 1 saturated heterocycles. The maximum Gasteiger partial charge on any atom is 0.228 e. The number of nitrogens with one attached hydrogen (secondary N) is 1. The van der Waals surface area contributed by atoms with Crippen LogP contribution >= 0.6 is 0 Å². The minimum Gasteiger partial charge on any atom is -0.378 e. The molecule has 0 aliphatic carbocycles. The molecule has 1 aliphatic heterocycles. The van der Waals surface area contributed by atoms with E-state index >= 15 is 0 Å². The van der Waals surface area contributed by atoms with Gasteiger partial charge in [-0.15, -0.1) is 0 Å². The molecular weight excluding hydrogens is 254 g/mol. The van der Waals surface area contributed by atoms with E-state index in [4.69, 9.17) is 9.26 Å². The molecule has 20 heavy (non-hydrogen) atoms. The average Bonchev–Trinajstić information content (AvgIpc) is 2.88. The first-order valence-corrected chi connectivity index (χ1v) is 6.94. The number of nitrogens with zero attached hydrogens (tertiary/aromatic N) is 2. The van der Waals surface area contributed by atoms with E-state index in [0.717, 1.165) is 24.3 Å². The van der Waals surface area contributed by atoms with Crippen LogP contribution in [0.15, 0.2) is 22.7 Å². The molecule has 1 N–H and O–H groups in total. The van der Waals surface area contributed by atoms with E-state index in [0.29, 0.717) is 24.7 Å². The summed E-state index contributed by atoms with van der Waals surface area (Å²) in [6, 6.07) is 6.49. The minimum atomic E-state index is 0.260. The number of hydrogen-bond acceptors (Lipinski definition) is 5. The Hall–Kier alpha value is -1.72. The van der Waals surface area contributed by atoms with Crippen molar-refractivity contribution in [1.29, 1.82) is 0 Å². The van der Waals surface area contributed by atoms with Crippen molar-refractivity contribution in [2.45, 2.75) is 26.3 Å². The number of aryl methyl sites for hydroxylation is 2. The molecule has 1 aromatic heterocycles. The molecule has 1 aliphatic rings. The molecule has 3 rings (SSSR count). The summed E-state index contributed by atoms with van der Waals surface area (Å²) >= 11 is 0. The fourth-order valence-electron chi connectivity index (χ4n) is 2.47. The van der Waals surface area contributed by atoms with Gasteiger partial charge in [0.15, 0.2) is 0 Å². The second-order valence-corrected chi connectivity index (χ2v) is 5.26. The molecule has 0 amide bonds. The van der Waals surface area contributed by atoms with Crippen molar-refractivity contribution in [3.05, 3.63) is 35.2 Å². The highest BCUT2D eigenvalue weighted by Crippen LogP contribution is 2.21.